The third-order valence-corrected chi connectivity index (χ3v) is 6.41. The van der Waals surface area contributed by atoms with Crippen molar-refractivity contribution in [2.24, 2.45) is 23.6 Å². The standard InChI is InChI=1S/C17H26N2OS/c1-11-7-8-13(9-12(11)2)17(19-18)15-10-21-16-6-4-3-5-14(16)20-15/h3-6,11-13,15,17,19H,7-10,18H2,1-2H3. The molecule has 3 rings (SSSR count). The first-order chi connectivity index (χ1) is 10.2. The summed E-state index contributed by atoms with van der Waals surface area (Å²) in [7, 11) is 0. The van der Waals surface area contributed by atoms with Crippen LogP contribution in [0.4, 0.5) is 0 Å². The zero-order valence-corrected chi connectivity index (χ0v) is 13.7. The van der Waals surface area contributed by atoms with Gasteiger partial charge in [-0.15, -0.1) is 11.8 Å². The van der Waals surface area contributed by atoms with Gasteiger partial charge in [0.2, 0.25) is 0 Å². The van der Waals surface area contributed by atoms with Crippen LogP contribution in [0.1, 0.15) is 33.1 Å². The van der Waals surface area contributed by atoms with Gasteiger partial charge in [0, 0.05) is 10.6 Å². The Labute approximate surface area is 132 Å². The molecule has 0 saturated heterocycles. The minimum atomic E-state index is 0.167. The van der Waals surface area contributed by atoms with Crippen LogP contribution in [0.25, 0.3) is 0 Å². The number of rotatable bonds is 3. The molecule has 5 unspecified atom stereocenters. The van der Waals surface area contributed by atoms with Crippen molar-refractivity contribution in [1.82, 2.24) is 5.43 Å². The summed E-state index contributed by atoms with van der Waals surface area (Å²) >= 11 is 1.89. The summed E-state index contributed by atoms with van der Waals surface area (Å²) in [5, 5.41) is 0. The van der Waals surface area contributed by atoms with E-state index in [0.717, 1.165) is 23.3 Å². The van der Waals surface area contributed by atoms with Gasteiger partial charge in [-0.05, 0) is 42.7 Å². The zero-order valence-electron chi connectivity index (χ0n) is 12.9. The van der Waals surface area contributed by atoms with Gasteiger partial charge >= 0.3 is 0 Å². The molecule has 1 aliphatic carbocycles. The highest BCUT2D eigenvalue weighted by molar-refractivity contribution is 7.99. The van der Waals surface area contributed by atoms with Gasteiger partial charge in [0.15, 0.2) is 0 Å². The van der Waals surface area contributed by atoms with Crippen molar-refractivity contribution < 1.29 is 4.74 Å². The van der Waals surface area contributed by atoms with Gasteiger partial charge in [-0.3, -0.25) is 11.3 Å². The summed E-state index contributed by atoms with van der Waals surface area (Å²) in [6.45, 7) is 4.74. The summed E-state index contributed by atoms with van der Waals surface area (Å²) in [6.07, 6.45) is 3.98. The van der Waals surface area contributed by atoms with E-state index >= 15 is 0 Å². The Kier molecular flexibility index (Phi) is 4.77. The monoisotopic (exact) mass is 306 g/mol. The molecule has 1 saturated carbocycles. The van der Waals surface area contributed by atoms with Crippen molar-refractivity contribution in [2.45, 2.75) is 50.2 Å². The van der Waals surface area contributed by atoms with E-state index in [4.69, 9.17) is 10.6 Å². The quantitative estimate of drug-likeness (QED) is 0.663. The molecule has 0 bridgehead atoms. The second kappa shape index (κ2) is 6.59. The Morgan fingerprint density at radius 2 is 2.05 bits per heavy atom. The predicted molar refractivity (Wildman–Crippen MR) is 88.4 cm³/mol. The maximum Gasteiger partial charge on any atom is 0.133 e. The Morgan fingerprint density at radius 3 is 2.81 bits per heavy atom. The van der Waals surface area contributed by atoms with Crippen LogP contribution in [0.2, 0.25) is 0 Å². The fraction of sp³-hybridized carbons (Fsp3) is 0.647. The number of nitrogens with one attached hydrogen (secondary N) is 1. The molecule has 0 spiro atoms. The van der Waals surface area contributed by atoms with Crippen molar-refractivity contribution in [1.29, 1.82) is 0 Å². The van der Waals surface area contributed by atoms with Crippen molar-refractivity contribution in [3.63, 3.8) is 0 Å². The Bertz CT molecular complexity index is 482. The highest BCUT2D eigenvalue weighted by atomic mass is 32.2. The first-order valence-corrected chi connectivity index (χ1v) is 9.02. The second-order valence-corrected chi connectivity index (χ2v) is 7.70. The molecule has 3 N–H and O–H groups in total. The van der Waals surface area contributed by atoms with Crippen molar-refractivity contribution in [3.05, 3.63) is 24.3 Å². The van der Waals surface area contributed by atoms with Crippen LogP contribution in [-0.2, 0) is 0 Å². The number of ether oxygens (including phenoxy) is 1. The molecule has 0 radical (unpaired) electrons. The van der Waals surface area contributed by atoms with Gasteiger partial charge in [0.25, 0.3) is 0 Å². The molecule has 1 aromatic carbocycles. The average Bonchev–Trinajstić information content (AvgIpc) is 2.51. The number of hydrogen-bond donors (Lipinski definition) is 2. The molecule has 3 nitrogen and oxygen atoms in total. The minimum absolute atomic E-state index is 0.167. The van der Waals surface area contributed by atoms with Crippen molar-refractivity contribution in [2.75, 3.05) is 5.75 Å². The lowest BCUT2D eigenvalue weighted by atomic mass is 9.72. The first-order valence-electron chi connectivity index (χ1n) is 8.03. The Morgan fingerprint density at radius 1 is 1.24 bits per heavy atom. The van der Waals surface area contributed by atoms with E-state index in [1.54, 1.807) is 0 Å². The fourth-order valence-corrected chi connectivity index (χ4v) is 4.73. The van der Waals surface area contributed by atoms with E-state index in [9.17, 15) is 0 Å². The normalized spacial score (nSPS) is 33.9. The van der Waals surface area contributed by atoms with Crippen LogP contribution in [0.15, 0.2) is 29.2 Å². The molecule has 1 heterocycles. The lowest BCUT2D eigenvalue weighted by Crippen LogP contribution is -2.54. The zero-order chi connectivity index (χ0) is 14.8. The summed E-state index contributed by atoms with van der Waals surface area (Å²) in [6, 6.07) is 8.55. The lowest BCUT2D eigenvalue weighted by Gasteiger charge is -2.40. The van der Waals surface area contributed by atoms with Gasteiger partial charge in [-0.1, -0.05) is 32.4 Å². The van der Waals surface area contributed by atoms with Crippen LogP contribution < -0.4 is 16.0 Å². The van der Waals surface area contributed by atoms with Crippen molar-refractivity contribution in [3.8, 4) is 5.75 Å². The van der Waals surface area contributed by atoms with Gasteiger partial charge < -0.3 is 4.74 Å². The van der Waals surface area contributed by atoms with Gasteiger partial charge in [-0.2, -0.15) is 0 Å². The SMILES string of the molecule is CC1CCC(C(NN)C2CSc3ccccc3O2)CC1C. The number of nitrogens with two attached hydrogens (primary N) is 1. The number of benzene rings is 1. The Balaban J connectivity index is 1.70. The molecule has 1 aliphatic heterocycles. The molecule has 2 aliphatic rings. The highest BCUT2D eigenvalue weighted by Crippen LogP contribution is 2.40. The number of thioether (sulfide) groups is 1. The first kappa shape index (κ1) is 15.2. The predicted octanol–water partition coefficient (Wildman–Crippen LogP) is 3.44. The van der Waals surface area contributed by atoms with E-state index in [1.165, 1.54) is 24.2 Å². The van der Waals surface area contributed by atoms with E-state index in [-0.39, 0.29) is 12.1 Å². The van der Waals surface area contributed by atoms with E-state index in [1.807, 2.05) is 17.8 Å². The smallest absolute Gasteiger partial charge is 0.133 e. The van der Waals surface area contributed by atoms with Crippen LogP contribution in [0.3, 0.4) is 0 Å². The third kappa shape index (κ3) is 3.22. The highest BCUT2D eigenvalue weighted by Gasteiger charge is 2.36. The summed E-state index contributed by atoms with van der Waals surface area (Å²) < 4.78 is 6.24. The third-order valence-electron chi connectivity index (χ3n) is 5.27. The van der Waals surface area contributed by atoms with E-state index in [2.05, 4.69) is 37.5 Å². The van der Waals surface area contributed by atoms with Crippen LogP contribution >= 0.6 is 11.8 Å². The molecule has 21 heavy (non-hydrogen) atoms. The molecule has 0 amide bonds. The summed E-state index contributed by atoms with van der Waals surface area (Å²) in [4.78, 5) is 1.25. The van der Waals surface area contributed by atoms with Crippen molar-refractivity contribution >= 4 is 11.8 Å². The average molecular weight is 306 g/mol. The van der Waals surface area contributed by atoms with E-state index in [0.29, 0.717) is 5.92 Å². The number of fused-ring (bicyclic) bond motifs is 1. The Hall–Kier alpha value is -0.710. The van der Waals surface area contributed by atoms with E-state index < -0.39 is 0 Å². The molecule has 4 heteroatoms. The molecular formula is C17H26N2OS. The molecule has 0 aromatic heterocycles. The fourth-order valence-electron chi connectivity index (χ4n) is 3.68. The molecule has 5 atom stereocenters. The van der Waals surface area contributed by atoms with Crippen LogP contribution in [-0.4, -0.2) is 17.9 Å². The summed E-state index contributed by atoms with van der Waals surface area (Å²) in [5.74, 6) is 10.1. The second-order valence-electron chi connectivity index (χ2n) is 6.63. The number of para-hydroxylation sites is 1. The maximum absolute atomic E-state index is 6.24. The number of hydrazine groups is 1. The molecular weight excluding hydrogens is 280 g/mol. The van der Waals surface area contributed by atoms with Gasteiger partial charge in [0.05, 0.1) is 6.04 Å². The molecule has 116 valence electrons. The van der Waals surface area contributed by atoms with Crippen LogP contribution in [0.5, 0.6) is 5.75 Å². The van der Waals surface area contributed by atoms with Crippen LogP contribution in [0, 0.1) is 17.8 Å². The van der Waals surface area contributed by atoms with Gasteiger partial charge in [0.1, 0.15) is 11.9 Å². The molecule has 1 fully saturated rings. The molecule has 1 aromatic rings. The summed E-state index contributed by atoms with van der Waals surface area (Å²) in [5.41, 5.74) is 3.07. The number of hydrogen-bond acceptors (Lipinski definition) is 4. The van der Waals surface area contributed by atoms with Gasteiger partial charge in [-0.25, -0.2) is 0 Å². The topological polar surface area (TPSA) is 47.3 Å². The maximum atomic E-state index is 6.24. The minimum Gasteiger partial charge on any atom is -0.487 e. The lowest BCUT2D eigenvalue weighted by molar-refractivity contribution is 0.0898. The largest absolute Gasteiger partial charge is 0.487 e.